The minimum Gasteiger partial charge on any atom is -0.490 e. The minimum atomic E-state index is -3.73. The van der Waals surface area contributed by atoms with Crippen LogP contribution in [-0.2, 0) is 0 Å². The molecule has 0 bridgehead atoms. The molecular weight excluding hydrogens is 544 g/mol. The average molecular weight is 593 g/mol. The van der Waals surface area contributed by atoms with Crippen LogP contribution in [0.15, 0.2) is 36.4 Å². The van der Waals surface area contributed by atoms with Crippen LogP contribution in [0, 0.1) is 29.4 Å². The predicted octanol–water partition coefficient (Wildman–Crippen LogP) is 10.9. The van der Waals surface area contributed by atoms with E-state index in [0.717, 1.165) is 62.0 Å². The van der Waals surface area contributed by atoms with Crippen LogP contribution < -0.4 is 14.2 Å². The molecule has 0 amide bonds. The summed E-state index contributed by atoms with van der Waals surface area (Å²) in [6, 6.07) is 9.10. The molecule has 2 fully saturated rings. The molecule has 2 aliphatic rings. The van der Waals surface area contributed by atoms with Gasteiger partial charge in [0.05, 0.1) is 6.61 Å². The van der Waals surface area contributed by atoms with Gasteiger partial charge in [-0.15, -0.1) is 0 Å². The summed E-state index contributed by atoms with van der Waals surface area (Å²) in [5, 5.41) is 0. The Bertz CT molecular complexity index is 1070. The van der Waals surface area contributed by atoms with Crippen molar-refractivity contribution in [3.05, 3.63) is 53.6 Å². The van der Waals surface area contributed by atoms with Gasteiger partial charge in [-0.2, -0.15) is 17.6 Å². The standard InChI is InChI=1S/C35H48F4O3/c1-3-5-6-8-26-9-11-27(12-10-26)23-40-31-21-22-32(34(37)33(31)36)41-24-35(38,39)42-30-19-17-29(18-20-30)28-15-13-25(7-4-2)14-16-28/h17-22,25-28H,3-16,23-24H2,1-2H3. The first-order valence-corrected chi connectivity index (χ1v) is 16.2. The quantitative estimate of drug-likeness (QED) is 0.152. The van der Waals surface area contributed by atoms with Crippen molar-refractivity contribution in [1.82, 2.24) is 0 Å². The van der Waals surface area contributed by atoms with Gasteiger partial charge in [-0.05, 0) is 92.0 Å². The van der Waals surface area contributed by atoms with Crippen molar-refractivity contribution in [2.45, 2.75) is 116 Å². The number of benzene rings is 2. The minimum absolute atomic E-state index is 0.00240. The molecule has 7 heteroatoms. The van der Waals surface area contributed by atoms with Gasteiger partial charge in [0, 0.05) is 0 Å². The Labute approximate surface area is 249 Å². The van der Waals surface area contributed by atoms with Crippen LogP contribution in [0.3, 0.4) is 0 Å². The topological polar surface area (TPSA) is 27.7 Å². The number of ether oxygens (including phenoxy) is 3. The van der Waals surface area contributed by atoms with Crippen LogP contribution in [0.25, 0.3) is 0 Å². The van der Waals surface area contributed by atoms with Crippen molar-refractivity contribution in [3.8, 4) is 17.2 Å². The summed E-state index contributed by atoms with van der Waals surface area (Å²) < 4.78 is 73.8. The van der Waals surface area contributed by atoms with E-state index in [1.165, 1.54) is 69.6 Å². The average Bonchev–Trinajstić information content (AvgIpc) is 2.99. The van der Waals surface area contributed by atoms with Crippen LogP contribution in [-0.4, -0.2) is 19.3 Å². The molecule has 4 rings (SSSR count). The van der Waals surface area contributed by atoms with Crippen molar-refractivity contribution in [2.75, 3.05) is 13.2 Å². The van der Waals surface area contributed by atoms with Crippen LogP contribution in [0.4, 0.5) is 17.6 Å². The first-order valence-electron chi connectivity index (χ1n) is 16.2. The van der Waals surface area contributed by atoms with E-state index in [1.54, 1.807) is 0 Å². The molecule has 2 saturated carbocycles. The summed E-state index contributed by atoms with van der Waals surface area (Å²) in [5.74, 6) is -1.13. The van der Waals surface area contributed by atoms with Gasteiger partial charge in [-0.25, -0.2) is 0 Å². The third-order valence-corrected chi connectivity index (χ3v) is 9.23. The molecule has 3 nitrogen and oxygen atoms in total. The summed E-state index contributed by atoms with van der Waals surface area (Å²) in [6.45, 7) is 3.47. The number of hydrogen-bond donors (Lipinski definition) is 0. The van der Waals surface area contributed by atoms with Gasteiger partial charge < -0.3 is 14.2 Å². The van der Waals surface area contributed by atoms with Gasteiger partial charge in [-0.1, -0.05) is 77.3 Å². The lowest BCUT2D eigenvalue weighted by molar-refractivity contribution is -0.195. The van der Waals surface area contributed by atoms with Gasteiger partial charge in [0.15, 0.2) is 18.1 Å². The fourth-order valence-corrected chi connectivity index (χ4v) is 6.68. The van der Waals surface area contributed by atoms with E-state index < -0.39 is 30.1 Å². The maximum atomic E-state index is 14.7. The van der Waals surface area contributed by atoms with E-state index in [-0.39, 0.29) is 11.5 Å². The number of alkyl halides is 2. The second-order valence-corrected chi connectivity index (χ2v) is 12.5. The Morgan fingerprint density at radius 2 is 1.24 bits per heavy atom. The van der Waals surface area contributed by atoms with E-state index in [4.69, 9.17) is 14.2 Å². The SMILES string of the molecule is CCCCCC1CCC(COc2ccc(OCC(F)(F)Oc3ccc(C4CCC(CCC)CC4)cc3)c(F)c2F)CC1. The largest absolute Gasteiger partial charge is 0.490 e. The smallest absolute Gasteiger partial charge is 0.432 e. The van der Waals surface area contributed by atoms with Crippen LogP contribution in [0.5, 0.6) is 17.2 Å². The molecule has 0 spiro atoms. The number of rotatable bonds is 15. The molecule has 0 radical (unpaired) electrons. The molecule has 0 aliphatic heterocycles. The zero-order valence-corrected chi connectivity index (χ0v) is 25.3. The maximum Gasteiger partial charge on any atom is 0.432 e. The molecule has 0 heterocycles. The zero-order chi connectivity index (χ0) is 30.0. The highest BCUT2D eigenvalue weighted by molar-refractivity contribution is 5.35. The molecule has 2 aromatic rings. The molecule has 42 heavy (non-hydrogen) atoms. The molecule has 2 aliphatic carbocycles. The molecule has 0 saturated heterocycles. The van der Waals surface area contributed by atoms with E-state index in [9.17, 15) is 17.6 Å². The zero-order valence-electron chi connectivity index (χ0n) is 25.3. The molecular formula is C35H48F4O3. The third kappa shape index (κ3) is 9.54. The van der Waals surface area contributed by atoms with E-state index in [2.05, 4.69) is 13.8 Å². The Balaban J connectivity index is 1.22. The lowest BCUT2D eigenvalue weighted by Crippen LogP contribution is -2.32. The van der Waals surface area contributed by atoms with Crippen LogP contribution >= 0.6 is 0 Å². The highest BCUT2D eigenvalue weighted by Crippen LogP contribution is 2.38. The molecule has 0 N–H and O–H groups in total. The fraction of sp³-hybridized carbons (Fsp3) is 0.657. The fourth-order valence-electron chi connectivity index (χ4n) is 6.68. The highest BCUT2D eigenvalue weighted by atomic mass is 19.3. The number of halogens is 4. The summed E-state index contributed by atoms with van der Waals surface area (Å²) >= 11 is 0. The van der Waals surface area contributed by atoms with Crippen molar-refractivity contribution in [2.24, 2.45) is 17.8 Å². The lowest BCUT2D eigenvalue weighted by atomic mass is 9.77. The Kier molecular flexibility index (Phi) is 12.3. The predicted molar refractivity (Wildman–Crippen MR) is 159 cm³/mol. The molecule has 0 atom stereocenters. The van der Waals surface area contributed by atoms with Crippen molar-refractivity contribution in [3.63, 3.8) is 0 Å². The Morgan fingerprint density at radius 1 is 0.667 bits per heavy atom. The normalized spacial score (nSPS) is 23.0. The summed E-state index contributed by atoms with van der Waals surface area (Å²) in [6.07, 6.45) is 12.7. The van der Waals surface area contributed by atoms with Gasteiger partial charge in [0.1, 0.15) is 5.75 Å². The van der Waals surface area contributed by atoms with E-state index in [0.29, 0.717) is 18.4 Å². The third-order valence-electron chi connectivity index (χ3n) is 9.23. The lowest BCUT2D eigenvalue weighted by Gasteiger charge is -2.28. The Morgan fingerprint density at radius 3 is 1.86 bits per heavy atom. The number of hydrogen-bond acceptors (Lipinski definition) is 3. The van der Waals surface area contributed by atoms with Crippen molar-refractivity contribution in [1.29, 1.82) is 0 Å². The van der Waals surface area contributed by atoms with Crippen LogP contribution in [0.2, 0.25) is 0 Å². The maximum absolute atomic E-state index is 14.7. The number of unbranched alkanes of at least 4 members (excludes halogenated alkanes) is 2. The monoisotopic (exact) mass is 592 g/mol. The van der Waals surface area contributed by atoms with E-state index >= 15 is 0 Å². The molecule has 2 aromatic carbocycles. The summed E-state index contributed by atoms with van der Waals surface area (Å²) in [7, 11) is 0. The molecule has 234 valence electrons. The second-order valence-electron chi connectivity index (χ2n) is 12.5. The van der Waals surface area contributed by atoms with Crippen LogP contribution in [0.1, 0.15) is 115 Å². The summed E-state index contributed by atoms with van der Waals surface area (Å²) in [4.78, 5) is 0. The van der Waals surface area contributed by atoms with Crippen molar-refractivity contribution < 1.29 is 31.8 Å². The van der Waals surface area contributed by atoms with Gasteiger partial charge in [0.25, 0.3) is 0 Å². The van der Waals surface area contributed by atoms with Gasteiger partial charge in [-0.3, -0.25) is 0 Å². The highest BCUT2D eigenvalue weighted by Gasteiger charge is 2.34. The summed E-state index contributed by atoms with van der Waals surface area (Å²) in [5.41, 5.74) is 1.13. The molecule has 0 aromatic heterocycles. The van der Waals surface area contributed by atoms with Crippen molar-refractivity contribution >= 4 is 0 Å². The Hall–Kier alpha value is -2.44. The van der Waals surface area contributed by atoms with Gasteiger partial charge in [0.2, 0.25) is 11.6 Å². The first kappa shape index (κ1) is 32.5. The first-order chi connectivity index (χ1) is 20.3. The molecule has 0 unspecified atom stereocenters. The van der Waals surface area contributed by atoms with Gasteiger partial charge >= 0.3 is 6.11 Å². The second kappa shape index (κ2) is 15.9. The van der Waals surface area contributed by atoms with E-state index in [1.807, 2.05) is 12.1 Å².